The minimum Gasteiger partial charge on any atom is -0.356 e. The lowest BCUT2D eigenvalue weighted by Gasteiger charge is -2.27. The van der Waals surface area contributed by atoms with Gasteiger partial charge in [0.2, 0.25) is 5.91 Å². The van der Waals surface area contributed by atoms with Crippen molar-refractivity contribution in [2.75, 3.05) is 6.54 Å². The normalized spacial score (nSPS) is 26.9. The van der Waals surface area contributed by atoms with Gasteiger partial charge in [-0.05, 0) is 32.1 Å². The molecule has 2 atom stereocenters. The van der Waals surface area contributed by atoms with Crippen molar-refractivity contribution in [3.05, 3.63) is 0 Å². The highest BCUT2D eigenvalue weighted by Gasteiger charge is 2.42. The van der Waals surface area contributed by atoms with Gasteiger partial charge >= 0.3 is 0 Å². The molecular weight excluding hydrogens is 236 g/mol. The summed E-state index contributed by atoms with van der Waals surface area (Å²) in [6.07, 6.45) is 9.23. The molecule has 0 aromatic heterocycles. The van der Waals surface area contributed by atoms with Crippen LogP contribution in [0.2, 0.25) is 0 Å². The Balaban J connectivity index is 2.08. The highest BCUT2D eigenvalue weighted by Crippen LogP contribution is 2.36. The van der Waals surface area contributed by atoms with E-state index in [9.17, 15) is 4.79 Å². The van der Waals surface area contributed by atoms with E-state index >= 15 is 0 Å². The van der Waals surface area contributed by atoms with E-state index in [1.807, 2.05) is 6.92 Å². The molecule has 3 nitrogen and oxygen atoms in total. The predicted octanol–water partition coefficient (Wildman–Crippen LogP) is 3.23. The van der Waals surface area contributed by atoms with E-state index < -0.39 is 0 Å². The molecule has 0 aliphatic heterocycles. The topological polar surface area (TPSA) is 55.1 Å². The van der Waals surface area contributed by atoms with Crippen LogP contribution in [0, 0.1) is 11.3 Å². The van der Waals surface area contributed by atoms with Gasteiger partial charge in [0.1, 0.15) is 0 Å². The number of carbonyl (C=O) groups excluding carboxylic acids is 1. The largest absolute Gasteiger partial charge is 0.356 e. The molecule has 1 amide bonds. The Morgan fingerprint density at radius 2 is 2.00 bits per heavy atom. The maximum absolute atomic E-state index is 12.2. The fraction of sp³-hybridized carbons (Fsp3) is 0.938. The number of hydrogen-bond donors (Lipinski definition) is 2. The van der Waals surface area contributed by atoms with E-state index in [0.717, 1.165) is 38.1 Å². The van der Waals surface area contributed by atoms with Crippen molar-refractivity contribution < 1.29 is 4.79 Å². The molecule has 0 aromatic carbocycles. The lowest BCUT2D eigenvalue weighted by molar-refractivity contribution is -0.130. The minimum absolute atomic E-state index is 0.0403. The van der Waals surface area contributed by atoms with Gasteiger partial charge in [-0.1, -0.05) is 46.0 Å². The summed E-state index contributed by atoms with van der Waals surface area (Å²) < 4.78 is 0. The zero-order valence-electron chi connectivity index (χ0n) is 13.0. The van der Waals surface area contributed by atoms with Crippen LogP contribution in [0.15, 0.2) is 0 Å². The van der Waals surface area contributed by atoms with Crippen molar-refractivity contribution in [2.45, 2.75) is 78.2 Å². The summed E-state index contributed by atoms with van der Waals surface area (Å²) in [7, 11) is 0. The van der Waals surface area contributed by atoms with E-state index in [-0.39, 0.29) is 17.4 Å². The van der Waals surface area contributed by atoms with Gasteiger partial charge in [0.05, 0.1) is 5.41 Å². The van der Waals surface area contributed by atoms with Crippen LogP contribution in [0.4, 0.5) is 0 Å². The molecule has 3 heteroatoms. The maximum Gasteiger partial charge on any atom is 0.227 e. The molecule has 3 N–H and O–H groups in total. The number of amides is 1. The van der Waals surface area contributed by atoms with Crippen LogP contribution in [-0.4, -0.2) is 18.5 Å². The fourth-order valence-electron chi connectivity index (χ4n) is 2.91. The molecule has 0 heterocycles. The standard InChI is InChI=1S/C16H32N2O/c1-13(2)9-6-4-5-7-12-18-15(19)16(3)11-8-10-14(16)17/h13-14H,4-12,17H2,1-3H3,(H,18,19). The first-order valence-electron chi connectivity index (χ1n) is 8.00. The molecule has 1 aliphatic rings. The first-order valence-corrected chi connectivity index (χ1v) is 8.00. The number of unbranched alkanes of at least 4 members (excludes halogenated alkanes) is 3. The first kappa shape index (κ1) is 16.5. The zero-order valence-corrected chi connectivity index (χ0v) is 13.0. The molecule has 0 radical (unpaired) electrons. The Kier molecular flexibility index (Phi) is 6.84. The minimum atomic E-state index is -0.322. The summed E-state index contributed by atoms with van der Waals surface area (Å²) in [5.41, 5.74) is 5.73. The molecule has 1 rings (SSSR count). The Hall–Kier alpha value is -0.570. The Bertz CT molecular complexity index is 278. The van der Waals surface area contributed by atoms with Crippen LogP contribution >= 0.6 is 0 Å². The average Bonchev–Trinajstić information content (AvgIpc) is 2.69. The molecule has 1 saturated carbocycles. The van der Waals surface area contributed by atoms with Gasteiger partial charge in [0.15, 0.2) is 0 Å². The quantitative estimate of drug-likeness (QED) is 0.664. The third kappa shape index (κ3) is 5.13. The Morgan fingerprint density at radius 1 is 1.32 bits per heavy atom. The molecule has 2 unspecified atom stereocenters. The summed E-state index contributed by atoms with van der Waals surface area (Å²) >= 11 is 0. The van der Waals surface area contributed by atoms with Gasteiger partial charge in [-0.25, -0.2) is 0 Å². The third-order valence-corrected chi connectivity index (χ3v) is 4.54. The smallest absolute Gasteiger partial charge is 0.227 e. The molecule has 0 aromatic rings. The van der Waals surface area contributed by atoms with Crippen molar-refractivity contribution >= 4 is 5.91 Å². The number of hydrogen-bond acceptors (Lipinski definition) is 2. The van der Waals surface area contributed by atoms with Gasteiger partial charge in [0, 0.05) is 12.6 Å². The third-order valence-electron chi connectivity index (χ3n) is 4.54. The second kappa shape index (κ2) is 7.88. The van der Waals surface area contributed by atoms with Crippen LogP contribution in [0.1, 0.15) is 72.1 Å². The monoisotopic (exact) mass is 268 g/mol. The Morgan fingerprint density at radius 3 is 2.58 bits per heavy atom. The van der Waals surface area contributed by atoms with Crippen LogP contribution in [0.5, 0.6) is 0 Å². The number of carbonyl (C=O) groups is 1. The van der Waals surface area contributed by atoms with Crippen LogP contribution < -0.4 is 11.1 Å². The van der Waals surface area contributed by atoms with E-state index in [2.05, 4.69) is 19.2 Å². The highest BCUT2D eigenvalue weighted by atomic mass is 16.2. The van der Waals surface area contributed by atoms with Gasteiger partial charge in [-0.15, -0.1) is 0 Å². The molecule has 1 fully saturated rings. The number of rotatable bonds is 8. The van der Waals surface area contributed by atoms with Crippen LogP contribution in [0.3, 0.4) is 0 Å². The van der Waals surface area contributed by atoms with Crippen molar-refractivity contribution in [3.8, 4) is 0 Å². The SMILES string of the molecule is CC(C)CCCCCCNC(=O)C1(C)CCCC1N. The molecular formula is C16H32N2O. The van der Waals surface area contributed by atoms with Crippen molar-refractivity contribution in [1.29, 1.82) is 0 Å². The van der Waals surface area contributed by atoms with E-state index in [4.69, 9.17) is 5.73 Å². The molecule has 112 valence electrons. The summed E-state index contributed by atoms with van der Waals surface area (Å²) in [5.74, 6) is 0.975. The van der Waals surface area contributed by atoms with Crippen LogP contribution in [0.25, 0.3) is 0 Å². The van der Waals surface area contributed by atoms with Gasteiger partial charge in [-0.3, -0.25) is 4.79 Å². The average molecular weight is 268 g/mol. The highest BCUT2D eigenvalue weighted by molar-refractivity contribution is 5.83. The lowest BCUT2D eigenvalue weighted by atomic mass is 9.84. The summed E-state index contributed by atoms with van der Waals surface area (Å²) in [6.45, 7) is 7.36. The number of nitrogens with one attached hydrogen (secondary N) is 1. The lowest BCUT2D eigenvalue weighted by Crippen LogP contribution is -2.47. The van der Waals surface area contributed by atoms with E-state index in [1.165, 1.54) is 25.7 Å². The van der Waals surface area contributed by atoms with Gasteiger partial charge in [0.25, 0.3) is 0 Å². The zero-order chi connectivity index (χ0) is 14.3. The van der Waals surface area contributed by atoms with Crippen molar-refractivity contribution in [2.24, 2.45) is 17.1 Å². The van der Waals surface area contributed by atoms with Crippen molar-refractivity contribution in [3.63, 3.8) is 0 Å². The van der Waals surface area contributed by atoms with E-state index in [1.54, 1.807) is 0 Å². The summed E-state index contributed by atoms with van der Waals surface area (Å²) in [6, 6.07) is 0.0403. The second-order valence-corrected chi connectivity index (χ2v) is 6.77. The first-order chi connectivity index (χ1) is 8.97. The molecule has 1 aliphatic carbocycles. The van der Waals surface area contributed by atoms with E-state index in [0.29, 0.717) is 0 Å². The molecule has 19 heavy (non-hydrogen) atoms. The van der Waals surface area contributed by atoms with Gasteiger partial charge < -0.3 is 11.1 Å². The molecule has 0 spiro atoms. The molecule has 0 saturated heterocycles. The summed E-state index contributed by atoms with van der Waals surface area (Å²) in [5, 5.41) is 3.08. The van der Waals surface area contributed by atoms with Crippen LogP contribution in [-0.2, 0) is 4.79 Å². The molecule has 0 bridgehead atoms. The van der Waals surface area contributed by atoms with Gasteiger partial charge in [-0.2, -0.15) is 0 Å². The summed E-state index contributed by atoms with van der Waals surface area (Å²) in [4.78, 5) is 12.2. The second-order valence-electron chi connectivity index (χ2n) is 6.77. The van der Waals surface area contributed by atoms with Crippen molar-refractivity contribution in [1.82, 2.24) is 5.32 Å². The Labute approximate surface area is 118 Å². The number of nitrogens with two attached hydrogens (primary N) is 1. The predicted molar refractivity (Wildman–Crippen MR) is 80.9 cm³/mol. The maximum atomic E-state index is 12.2. The fourth-order valence-corrected chi connectivity index (χ4v) is 2.91.